The predicted octanol–water partition coefficient (Wildman–Crippen LogP) is 5.14. The van der Waals surface area contributed by atoms with Crippen molar-refractivity contribution in [3.8, 4) is 17.0 Å². The van der Waals surface area contributed by atoms with Gasteiger partial charge in [-0.15, -0.1) is 11.8 Å². The van der Waals surface area contributed by atoms with Crippen LogP contribution in [0.15, 0.2) is 53.4 Å². The third-order valence-electron chi connectivity index (χ3n) is 5.73. The Morgan fingerprint density at radius 2 is 1.86 bits per heavy atom. The molecule has 1 aromatic heterocycles. The fourth-order valence-electron chi connectivity index (χ4n) is 3.99. The number of aromatic nitrogens is 2. The first-order valence-corrected chi connectivity index (χ1v) is 11.5. The summed E-state index contributed by atoms with van der Waals surface area (Å²) in [6, 6.07) is 16.8. The lowest BCUT2D eigenvalue weighted by molar-refractivity contribution is 0.299. The van der Waals surface area contributed by atoms with Gasteiger partial charge in [0, 0.05) is 34.8 Å². The van der Waals surface area contributed by atoms with Gasteiger partial charge in [0.15, 0.2) is 0 Å². The minimum absolute atomic E-state index is 0.579. The lowest BCUT2D eigenvalue weighted by Gasteiger charge is -2.31. The van der Waals surface area contributed by atoms with Crippen molar-refractivity contribution in [3.63, 3.8) is 0 Å². The summed E-state index contributed by atoms with van der Waals surface area (Å²) < 4.78 is 6.12. The molecular formula is C24H25N3OS. The fourth-order valence-corrected chi connectivity index (χ4v) is 4.56. The molecule has 0 atom stereocenters. The zero-order chi connectivity index (χ0) is 19.6. The van der Waals surface area contributed by atoms with Gasteiger partial charge in [-0.25, -0.2) is 9.97 Å². The Morgan fingerprint density at radius 1 is 1.00 bits per heavy atom. The number of fused-ring (bicyclic) bond motifs is 1. The van der Waals surface area contributed by atoms with E-state index in [4.69, 9.17) is 14.7 Å². The normalized spacial score (nSPS) is 15.1. The van der Waals surface area contributed by atoms with E-state index in [0.29, 0.717) is 6.61 Å². The van der Waals surface area contributed by atoms with Gasteiger partial charge in [-0.2, -0.15) is 0 Å². The molecule has 2 aromatic carbocycles. The Balaban J connectivity index is 1.46. The number of hydrogen-bond donors (Lipinski definition) is 0. The molecule has 148 valence electrons. The van der Waals surface area contributed by atoms with E-state index in [-0.39, 0.29) is 0 Å². The number of rotatable bonds is 6. The second-order valence-corrected chi connectivity index (χ2v) is 8.48. The van der Waals surface area contributed by atoms with E-state index in [9.17, 15) is 0 Å². The van der Waals surface area contributed by atoms with E-state index in [1.165, 1.54) is 35.2 Å². The summed E-state index contributed by atoms with van der Waals surface area (Å²) >= 11 is 1.72. The molecule has 1 aliphatic heterocycles. The van der Waals surface area contributed by atoms with Crippen LogP contribution < -0.4 is 9.64 Å². The third kappa shape index (κ3) is 3.71. The van der Waals surface area contributed by atoms with Gasteiger partial charge in [-0.3, -0.25) is 0 Å². The van der Waals surface area contributed by atoms with Crippen molar-refractivity contribution in [2.24, 2.45) is 0 Å². The summed E-state index contributed by atoms with van der Waals surface area (Å²) in [5.74, 6) is 1.83. The SMILES string of the molecule is CSc1cc(-c2nc(N3CCC3)nc3c2CCC3)ccc1OCc1ccccc1. The Bertz CT molecular complexity index is 1020. The van der Waals surface area contributed by atoms with E-state index in [2.05, 4.69) is 41.5 Å². The molecule has 0 saturated carbocycles. The quantitative estimate of drug-likeness (QED) is 0.533. The first kappa shape index (κ1) is 18.5. The van der Waals surface area contributed by atoms with Crippen LogP contribution in [0.25, 0.3) is 11.3 Å². The highest BCUT2D eigenvalue weighted by Crippen LogP contribution is 2.37. The second kappa shape index (κ2) is 8.07. The summed E-state index contributed by atoms with van der Waals surface area (Å²) in [7, 11) is 0. The van der Waals surface area contributed by atoms with Gasteiger partial charge in [-0.05, 0) is 55.7 Å². The molecule has 2 aliphatic rings. The standard InChI is InChI=1S/C24H25N3OS/c1-29-22-15-18(11-12-21(22)28-16-17-7-3-2-4-8-17)23-19-9-5-10-20(19)25-24(26-23)27-13-6-14-27/h2-4,7-8,11-12,15H,5-6,9-10,13-14,16H2,1H3. The first-order valence-electron chi connectivity index (χ1n) is 10.3. The molecule has 1 saturated heterocycles. The van der Waals surface area contributed by atoms with Gasteiger partial charge < -0.3 is 9.64 Å². The minimum atomic E-state index is 0.579. The number of benzene rings is 2. The summed E-state index contributed by atoms with van der Waals surface area (Å²) in [6.07, 6.45) is 6.66. The van der Waals surface area contributed by atoms with Crippen molar-refractivity contribution in [1.82, 2.24) is 9.97 Å². The van der Waals surface area contributed by atoms with Crippen molar-refractivity contribution in [1.29, 1.82) is 0 Å². The number of nitrogens with zero attached hydrogens (tertiary/aromatic N) is 3. The smallest absolute Gasteiger partial charge is 0.226 e. The molecule has 2 heterocycles. The Labute approximate surface area is 176 Å². The van der Waals surface area contributed by atoms with Crippen LogP contribution in [-0.2, 0) is 19.4 Å². The van der Waals surface area contributed by atoms with E-state index in [1.807, 2.05) is 18.2 Å². The highest BCUT2D eigenvalue weighted by molar-refractivity contribution is 7.98. The fraction of sp³-hybridized carbons (Fsp3) is 0.333. The third-order valence-corrected chi connectivity index (χ3v) is 6.49. The lowest BCUT2D eigenvalue weighted by Crippen LogP contribution is -2.38. The summed E-state index contributed by atoms with van der Waals surface area (Å²) in [5.41, 5.74) is 6.03. The van der Waals surface area contributed by atoms with Crippen molar-refractivity contribution in [2.45, 2.75) is 37.2 Å². The monoisotopic (exact) mass is 403 g/mol. The van der Waals surface area contributed by atoms with E-state index < -0.39 is 0 Å². The van der Waals surface area contributed by atoms with Gasteiger partial charge in [0.05, 0.1) is 5.69 Å². The van der Waals surface area contributed by atoms with Crippen molar-refractivity contribution in [3.05, 3.63) is 65.4 Å². The van der Waals surface area contributed by atoms with Crippen LogP contribution in [0.3, 0.4) is 0 Å². The van der Waals surface area contributed by atoms with Gasteiger partial charge in [0.25, 0.3) is 0 Å². The van der Waals surface area contributed by atoms with Crippen LogP contribution in [0.1, 0.15) is 29.7 Å². The average Bonchev–Trinajstić information content (AvgIpc) is 3.20. The molecule has 0 amide bonds. The van der Waals surface area contributed by atoms with E-state index in [0.717, 1.165) is 48.2 Å². The molecule has 29 heavy (non-hydrogen) atoms. The van der Waals surface area contributed by atoms with Crippen LogP contribution in [0, 0.1) is 0 Å². The molecular weight excluding hydrogens is 378 g/mol. The van der Waals surface area contributed by atoms with Crippen LogP contribution >= 0.6 is 11.8 Å². The number of ether oxygens (including phenoxy) is 1. The van der Waals surface area contributed by atoms with Gasteiger partial charge in [0.2, 0.25) is 5.95 Å². The van der Waals surface area contributed by atoms with Gasteiger partial charge >= 0.3 is 0 Å². The van der Waals surface area contributed by atoms with Crippen LogP contribution in [0.2, 0.25) is 0 Å². The maximum Gasteiger partial charge on any atom is 0.226 e. The molecule has 0 radical (unpaired) electrons. The molecule has 1 aliphatic carbocycles. The number of thioether (sulfide) groups is 1. The molecule has 0 bridgehead atoms. The predicted molar refractivity (Wildman–Crippen MR) is 119 cm³/mol. The summed E-state index contributed by atoms with van der Waals surface area (Å²) in [4.78, 5) is 13.3. The second-order valence-electron chi connectivity index (χ2n) is 7.63. The number of hydrogen-bond acceptors (Lipinski definition) is 5. The van der Waals surface area contributed by atoms with Gasteiger partial charge in [0.1, 0.15) is 12.4 Å². The van der Waals surface area contributed by atoms with E-state index >= 15 is 0 Å². The highest BCUT2D eigenvalue weighted by atomic mass is 32.2. The van der Waals surface area contributed by atoms with Crippen LogP contribution in [0.4, 0.5) is 5.95 Å². The maximum absolute atomic E-state index is 6.12. The maximum atomic E-state index is 6.12. The molecule has 0 unspecified atom stereocenters. The zero-order valence-corrected chi connectivity index (χ0v) is 17.5. The molecule has 1 fully saturated rings. The van der Waals surface area contributed by atoms with Crippen molar-refractivity contribution >= 4 is 17.7 Å². The number of aryl methyl sites for hydroxylation is 1. The highest BCUT2D eigenvalue weighted by Gasteiger charge is 2.25. The molecule has 3 aromatic rings. The minimum Gasteiger partial charge on any atom is -0.488 e. The van der Waals surface area contributed by atoms with Crippen LogP contribution in [-0.4, -0.2) is 29.3 Å². The molecule has 0 N–H and O–H groups in total. The lowest BCUT2D eigenvalue weighted by atomic mass is 10.0. The van der Waals surface area contributed by atoms with Crippen molar-refractivity contribution in [2.75, 3.05) is 24.2 Å². The topological polar surface area (TPSA) is 38.2 Å². The van der Waals surface area contributed by atoms with E-state index in [1.54, 1.807) is 11.8 Å². The molecule has 0 spiro atoms. The Morgan fingerprint density at radius 3 is 2.62 bits per heavy atom. The first-order chi connectivity index (χ1) is 14.3. The van der Waals surface area contributed by atoms with Gasteiger partial charge in [-0.1, -0.05) is 30.3 Å². The Kier molecular flexibility index (Phi) is 5.15. The summed E-state index contributed by atoms with van der Waals surface area (Å²) in [5, 5.41) is 0. The molecule has 5 heteroatoms. The molecule has 4 nitrogen and oxygen atoms in total. The van der Waals surface area contributed by atoms with Crippen LogP contribution in [0.5, 0.6) is 5.75 Å². The molecule has 5 rings (SSSR count). The van der Waals surface area contributed by atoms with Crippen molar-refractivity contribution < 1.29 is 4.74 Å². The average molecular weight is 404 g/mol. The zero-order valence-electron chi connectivity index (χ0n) is 16.7. The number of anilines is 1. The Hall–Kier alpha value is -2.53. The summed E-state index contributed by atoms with van der Waals surface area (Å²) in [6.45, 7) is 2.72. The largest absolute Gasteiger partial charge is 0.488 e.